The van der Waals surface area contributed by atoms with Gasteiger partial charge >= 0.3 is 29.8 Å². The van der Waals surface area contributed by atoms with Crippen LogP contribution in [0.3, 0.4) is 0 Å². The summed E-state index contributed by atoms with van der Waals surface area (Å²) < 4.78 is 31.2. The fraction of sp³-hybridized carbons (Fsp3) is 0.706. The Labute approximate surface area is 161 Å². The number of hydrogen-bond donors (Lipinski definition) is 0. The molecule has 0 bridgehead atoms. The summed E-state index contributed by atoms with van der Waals surface area (Å²) in [5, 5.41) is 0. The Bertz CT molecular complexity index is 614. The van der Waals surface area contributed by atoms with Gasteiger partial charge in [0.05, 0.1) is 6.61 Å². The minimum atomic E-state index is -1.29. The van der Waals surface area contributed by atoms with Gasteiger partial charge in [0.25, 0.3) is 0 Å². The normalized spacial score (nSPS) is 25.0. The van der Waals surface area contributed by atoms with Gasteiger partial charge in [-0.1, -0.05) is 0 Å². The lowest BCUT2D eigenvalue weighted by molar-refractivity contribution is -0.244. The smallest absolute Gasteiger partial charge is 0.303 e. The molecular formula is C17H24O11. The Morgan fingerprint density at radius 2 is 1.32 bits per heavy atom. The molecule has 0 aromatic rings. The molecule has 3 unspecified atom stereocenters. The minimum absolute atomic E-state index is 0.238. The molecule has 5 atom stereocenters. The van der Waals surface area contributed by atoms with Gasteiger partial charge in [-0.25, -0.2) is 0 Å². The third-order valence-electron chi connectivity index (χ3n) is 3.52. The molecule has 0 saturated carbocycles. The SMILES string of the molecule is CC(=O)OC[C@@H](OC(C)=O)C1OCC(OC(C)=O)C(OC(C)=O)[C@@H]1OC(C)=O. The molecule has 158 valence electrons. The lowest BCUT2D eigenvalue weighted by atomic mass is 9.95. The zero-order valence-electron chi connectivity index (χ0n) is 16.3. The first-order chi connectivity index (χ1) is 13.0. The van der Waals surface area contributed by atoms with Gasteiger partial charge in [0, 0.05) is 34.6 Å². The Kier molecular flexibility index (Phi) is 8.83. The molecule has 0 radical (unpaired) electrons. The van der Waals surface area contributed by atoms with Crippen LogP contribution in [-0.4, -0.2) is 73.6 Å². The van der Waals surface area contributed by atoms with Crippen LogP contribution in [0, 0.1) is 0 Å². The van der Waals surface area contributed by atoms with E-state index < -0.39 is 60.4 Å². The van der Waals surface area contributed by atoms with Crippen LogP contribution >= 0.6 is 0 Å². The zero-order chi connectivity index (χ0) is 21.4. The van der Waals surface area contributed by atoms with Crippen LogP contribution in [0.5, 0.6) is 0 Å². The molecule has 28 heavy (non-hydrogen) atoms. The van der Waals surface area contributed by atoms with Crippen LogP contribution < -0.4 is 0 Å². The minimum Gasteiger partial charge on any atom is -0.462 e. The summed E-state index contributed by atoms with van der Waals surface area (Å²) in [6.45, 7) is 5.07. The highest BCUT2D eigenvalue weighted by atomic mass is 16.7. The van der Waals surface area contributed by atoms with Crippen LogP contribution in [-0.2, 0) is 52.4 Å². The number of carbonyl (C=O) groups excluding carboxylic acids is 5. The Morgan fingerprint density at radius 3 is 1.79 bits per heavy atom. The van der Waals surface area contributed by atoms with Gasteiger partial charge in [-0.2, -0.15) is 0 Å². The van der Waals surface area contributed by atoms with Gasteiger partial charge in [-0.15, -0.1) is 0 Å². The Hall–Kier alpha value is -2.69. The largest absolute Gasteiger partial charge is 0.462 e. The van der Waals surface area contributed by atoms with E-state index >= 15 is 0 Å². The predicted octanol–water partition coefficient (Wildman–Crippen LogP) is -0.325. The molecule has 1 aliphatic rings. The first-order valence-electron chi connectivity index (χ1n) is 8.45. The lowest BCUT2D eigenvalue weighted by Crippen LogP contribution is -2.61. The van der Waals surface area contributed by atoms with Crippen LogP contribution in [0.25, 0.3) is 0 Å². The zero-order valence-corrected chi connectivity index (χ0v) is 16.3. The van der Waals surface area contributed by atoms with Gasteiger partial charge in [0.1, 0.15) is 12.7 Å². The molecule has 1 saturated heterocycles. The second kappa shape index (κ2) is 10.6. The lowest BCUT2D eigenvalue weighted by Gasteiger charge is -2.42. The van der Waals surface area contributed by atoms with E-state index in [0.29, 0.717) is 0 Å². The van der Waals surface area contributed by atoms with Crippen molar-refractivity contribution in [2.45, 2.75) is 65.1 Å². The summed E-state index contributed by atoms with van der Waals surface area (Å²) in [5.41, 5.74) is 0. The molecule has 1 aliphatic heterocycles. The Morgan fingerprint density at radius 1 is 0.786 bits per heavy atom. The number of hydrogen-bond acceptors (Lipinski definition) is 11. The number of esters is 5. The molecule has 1 rings (SSSR count). The van der Waals surface area contributed by atoms with E-state index in [-0.39, 0.29) is 13.2 Å². The van der Waals surface area contributed by atoms with Gasteiger partial charge in [0.2, 0.25) is 0 Å². The van der Waals surface area contributed by atoms with E-state index in [1.807, 2.05) is 0 Å². The van der Waals surface area contributed by atoms with Gasteiger partial charge < -0.3 is 28.4 Å². The highest BCUT2D eigenvalue weighted by Gasteiger charge is 2.50. The Balaban J connectivity index is 3.22. The molecular weight excluding hydrogens is 380 g/mol. The second-order valence-corrected chi connectivity index (χ2v) is 6.04. The van der Waals surface area contributed by atoms with Crippen LogP contribution in [0.1, 0.15) is 34.6 Å². The molecule has 0 aliphatic carbocycles. The quantitative estimate of drug-likeness (QED) is 0.407. The molecule has 1 fully saturated rings. The van der Waals surface area contributed by atoms with Crippen LogP contribution in [0.4, 0.5) is 0 Å². The third-order valence-corrected chi connectivity index (χ3v) is 3.52. The fourth-order valence-electron chi connectivity index (χ4n) is 2.70. The van der Waals surface area contributed by atoms with Gasteiger partial charge in [-0.05, 0) is 0 Å². The second-order valence-electron chi connectivity index (χ2n) is 6.04. The van der Waals surface area contributed by atoms with Crippen molar-refractivity contribution in [3.8, 4) is 0 Å². The van der Waals surface area contributed by atoms with Crippen molar-refractivity contribution in [2.24, 2.45) is 0 Å². The highest BCUT2D eigenvalue weighted by Crippen LogP contribution is 2.27. The maximum atomic E-state index is 11.6. The number of rotatable bonds is 7. The number of ether oxygens (including phenoxy) is 6. The van der Waals surface area contributed by atoms with E-state index in [1.165, 1.54) is 0 Å². The molecule has 0 aromatic heterocycles. The van der Waals surface area contributed by atoms with Crippen molar-refractivity contribution in [1.29, 1.82) is 0 Å². The van der Waals surface area contributed by atoms with E-state index in [4.69, 9.17) is 28.4 Å². The molecule has 0 spiro atoms. The van der Waals surface area contributed by atoms with Gasteiger partial charge in [-0.3, -0.25) is 24.0 Å². The first-order valence-corrected chi connectivity index (χ1v) is 8.45. The van der Waals surface area contributed by atoms with Crippen LogP contribution in [0.15, 0.2) is 0 Å². The molecule has 11 nitrogen and oxygen atoms in total. The van der Waals surface area contributed by atoms with Crippen molar-refractivity contribution in [2.75, 3.05) is 13.2 Å². The summed E-state index contributed by atoms with van der Waals surface area (Å²) in [7, 11) is 0. The average Bonchev–Trinajstić information content (AvgIpc) is 2.53. The van der Waals surface area contributed by atoms with Crippen molar-refractivity contribution in [1.82, 2.24) is 0 Å². The fourth-order valence-corrected chi connectivity index (χ4v) is 2.70. The standard InChI is InChI=1S/C17H24O11/c1-8(18)23-6-13(25-9(2)19)15-17(28-12(5)22)16(27-11(4)21)14(7-24-15)26-10(3)20/h13-17H,6-7H2,1-5H3/t13-,14?,15?,16?,17-/m1/s1. The summed E-state index contributed by atoms with van der Waals surface area (Å²) in [6, 6.07) is 0. The first kappa shape index (κ1) is 23.3. The molecule has 0 amide bonds. The highest BCUT2D eigenvalue weighted by molar-refractivity contribution is 5.69. The van der Waals surface area contributed by atoms with Crippen molar-refractivity contribution < 1.29 is 52.4 Å². The summed E-state index contributed by atoms with van der Waals surface area (Å²) in [4.78, 5) is 57.1. The average molecular weight is 404 g/mol. The van der Waals surface area contributed by atoms with E-state index in [9.17, 15) is 24.0 Å². The van der Waals surface area contributed by atoms with E-state index in [2.05, 4.69) is 0 Å². The van der Waals surface area contributed by atoms with E-state index in [1.54, 1.807) is 0 Å². The van der Waals surface area contributed by atoms with Crippen LogP contribution in [0.2, 0.25) is 0 Å². The summed E-state index contributed by atoms with van der Waals surface area (Å²) in [6.07, 6.45) is -5.89. The molecule has 0 N–H and O–H groups in total. The van der Waals surface area contributed by atoms with Crippen molar-refractivity contribution >= 4 is 29.8 Å². The van der Waals surface area contributed by atoms with Crippen molar-refractivity contribution in [3.63, 3.8) is 0 Å². The molecule has 1 heterocycles. The third kappa shape index (κ3) is 7.51. The topological polar surface area (TPSA) is 141 Å². The van der Waals surface area contributed by atoms with Gasteiger partial charge in [0.15, 0.2) is 24.4 Å². The summed E-state index contributed by atoms with van der Waals surface area (Å²) in [5.74, 6) is -3.46. The van der Waals surface area contributed by atoms with Crippen molar-refractivity contribution in [3.05, 3.63) is 0 Å². The molecule has 0 aromatic carbocycles. The summed E-state index contributed by atoms with van der Waals surface area (Å²) >= 11 is 0. The maximum Gasteiger partial charge on any atom is 0.303 e. The maximum absolute atomic E-state index is 11.6. The monoisotopic (exact) mass is 404 g/mol. The molecule has 11 heteroatoms. The number of carbonyl (C=O) groups is 5. The predicted molar refractivity (Wildman–Crippen MR) is 88.6 cm³/mol. The van der Waals surface area contributed by atoms with E-state index in [0.717, 1.165) is 34.6 Å².